The summed E-state index contributed by atoms with van der Waals surface area (Å²) in [5, 5.41) is 7.27. The van der Waals surface area contributed by atoms with Gasteiger partial charge in [-0.2, -0.15) is 5.10 Å². The number of nitrogens with zero attached hydrogens (tertiary/aromatic N) is 2. The molecule has 0 aliphatic carbocycles. The Balaban J connectivity index is 2.02. The summed E-state index contributed by atoms with van der Waals surface area (Å²) in [6.07, 6.45) is 0. The molecule has 3 aromatic rings. The van der Waals surface area contributed by atoms with Crippen molar-refractivity contribution >= 4 is 28.3 Å². The van der Waals surface area contributed by atoms with Crippen molar-refractivity contribution in [2.45, 2.75) is 6.92 Å². The molecule has 4 nitrogen and oxygen atoms in total. The highest BCUT2D eigenvalue weighted by molar-refractivity contribution is 14.1. The highest BCUT2D eigenvalue weighted by atomic mass is 127. The highest BCUT2D eigenvalue weighted by Gasteiger charge is 2.10. The second kappa shape index (κ2) is 5.24. The molecule has 0 saturated heterocycles. The maximum absolute atomic E-state index is 5.93. The molecule has 0 fully saturated rings. The normalized spacial score (nSPS) is 10.7. The monoisotopic (exact) mass is 376 g/mol. The number of nitrogen functional groups attached to an aromatic ring is 1. The molecule has 0 bridgehead atoms. The number of rotatable bonds is 2. The van der Waals surface area contributed by atoms with Crippen LogP contribution in [0.3, 0.4) is 0 Å². The van der Waals surface area contributed by atoms with Crippen LogP contribution >= 0.6 is 22.6 Å². The van der Waals surface area contributed by atoms with Crippen LogP contribution in [0.15, 0.2) is 42.5 Å². The topological polar surface area (TPSA) is 67.6 Å². The Morgan fingerprint density at radius 3 is 2.70 bits per heavy atom. The molecule has 100 valence electrons. The summed E-state index contributed by atoms with van der Waals surface area (Å²) < 4.78 is 1.14. The van der Waals surface area contributed by atoms with Crippen LogP contribution in [0.1, 0.15) is 5.56 Å². The van der Waals surface area contributed by atoms with Crippen LogP contribution in [-0.2, 0) is 0 Å². The van der Waals surface area contributed by atoms with Gasteiger partial charge in [-0.05, 0) is 47.2 Å². The lowest BCUT2D eigenvalue weighted by Crippen LogP contribution is -1.90. The maximum Gasteiger partial charge on any atom is 0.181 e. The lowest BCUT2D eigenvalue weighted by Gasteiger charge is -2.01. The number of halogens is 1. The Kier molecular flexibility index (Phi) is 3.43. The zero-order valence-corrected chi connectivity index (χ0v) is 13.0. The average Bonchev–Trinajstić information content (AvgIpc) is 2.92. The van der Waals surface area contributed by atoms with Gasteiger partial charge in [0.2, 0.25) is 0 Å². The van der Waals surface area contributed by atoms with Gasteiger partial charge in [-0.3, -0.25) is 5.10 Å². The minimum atomic E-state index is 0.659. The predicted molar refractivity (Wildman–Crippen MR) is 89.1 cm³/mol. The summed E-state index contributed by atoms with van der Waals surface area (Å²) in [4.78, 5) is 4.56. The first-order valence-corrected chi connectivity index (χ1v) is 7.27. The van der Waals surface area contributed by atoms with E-state index in [0.29, 0.717) is 5.82 Å². The van der Waals surface area contributed by atoms with Gasteiger partial charge in [0.1, 0.15) is 0 Å². The first-order chi connectivity index (χ1) is 9.65. The van der Waals surface area contributed by atoms with Crippen LogP contribution < -0.4 is 5.73 Å². The summed E-state index contributed by atoms with van der Waals surface area (Å²) >= 11 is 2.29. The summed E-state index contributed by atoms with van der Waals surface area (Å²) in [5.41, 5.74) is 9.71. The first kappa shape index (κ1) is 13.1. The van der Waals surface area contributed by atoms with E-state index in [1.54, 1.807) is 0 Å². The number of aryl methyl sites for hydroxylation is 1. The Labute approximate surface area is 130 Å². The number of H-pyrrole nitrogens is 1. The van der Waals surface area contributed by atoms with Gasteiger partial charge >= 0.3 is 0 Å². The third-order valence-electron chi connectivity index (χ3n) is 3.15. The average molecular weight is 376 g/mol. The summed E-state index contributed by atoms with van der Waals surface area (Å²) in [6, 6.07) is 13.9. The smallest absolute Gasteiger partial charge is 0.181 e. The standard InChI is InChI=1S/C15H13IN4/c1-9-6-7-10(8-13(9)17)14-18-15(20-19-14)11-4-2-3-5-12(11)16/h2-8H,17H2,1H3,(H,18,19,20). The van der Waals surface area contributed by atoms with Gasteiger partial charge in [0, 0.05) is 20.4 Å². The molecule has 1 heterocycles. The molecular weight excluding hydrogens is 363 g/mol. The fourth-order valence-corrected chi connectivity index (χ4v) is 2.59. The van der Waals surface area contributed by atoms with Crippen LogP contribution in [-0.4, -0.2) is 15.2 Å². The van der Waals surface area contributed by atoms with Crippen molar-refractivity contribution in [2.75, 3.05) is 5.73 Å². The van der Waals surface area contributed by atoms with Crippen molar-refractivity contribution < 1.29 is 0 Å². The molecule has 3 rings (SSSR count). The van der Waals surface area contributed by atoms with Crippen molar-refractivity contribution in [3.63, 3.8) is 0 Å². The van der Waals surface area contributed by atoms with Crippen molar-refractivity contribution in [1.82, 2.24) is 15.2 Å². The minimum absolute atomic E-state index is 0.659. The lowest BCUT2D eigenvalue weighted by atomic mass is 10.1. The summed E-state index contributed by atoms with van der Waals surface area (Å²) in [5.74, 6) is 1.43. The van der Waals surface area contributed by atoms with Gasteiger partial charge < -0.3 is 5.73 Å². The fourth-order valence-electron chi connectivity index (χ4n) is 1.94. The van der Waals surface area contributed by atoms with Crippen LogP contribution in [0, 0.1) is 10.5 Å². The largest absolute Gasteiger partial charge is 0.398 e. The minimum Gasteiger partial charge on any atom is -0.398 e. The number of nitrogens with one attached hydrogen (secondary N) is 1. The Morgan fingerprint density at radius 2 is 1.95 bits per heavy atom. The second-order valence-electron chi connectivity index (χ2n) is 4.56. The number of hydrogen-bond donors (Lipinski definition) is 2. The number of anilines is 1. The van der Waals surface area contributed by atoms with E-state index in [0.717, 1.165) is 31.8 Å². The van der Waals surface area contributed by atoms with Crippen molar-refractivity contribution in [2.24, 2.45) is 0 Å². The van der Waals surface area contributed by atoms with E-state index < -0.39 is 0 Å². The van der Waals surface area contributed by atoms with Gasteiger partial charge in [0.15, 0.2) is 11.6 Å². The van der Waals surface area contributed by atoms with Crippen LogP contribution in [0.5, 0.6) is 0 Å². The highest BCUT2D eigenvalue weighted by Crippen LogP contribution is 2.25. The summed E-state index contributed by atoms with van der Waals surface area (Å²) in [6.45, 7) is 1.98. The van der Waals surface area contributed by atoms with Crippen molar-refractivity contribution in [1.29, 1.82) is 0 Å². The van der Waals surface area contributed by atoms with Crippen LogP contribution in [0.25, 0.3) is 22.8 Å². The molecule has 20 heavy (non-hydrogen) atoms. The van der Waals surface area contributed by atoms with Gasteiger partial charge in [0.05, 0.1) is 0 Å². The SMILES string of the molecule is Cc1ccc(-c2n[nH]c(-c3ccccc3I)n2)cc1N. The van der Waals surface area contributed by atoms with Gasteiger partial charge in [-0.1, -0.05) is 30.3 Å². The van der Waals surface area contributed by atoms with E-state index in [1.807, 2.05) is 49.4 Å². The molecule has 0 unspecified atom stereocenters. The quantitative estimate of drug-likeness (QED) is 0.530. The predicted octanol–water partition coefficient (Wildman–Crippen LogP) is 3.63. The molecule has 0 saturated carbocycles. The van der Waals surface area contributed by atoms with E-state index in [2.05, 4.69) is 37.8 Å². The lowest BCUT2D eigenvalue weighted by molar-refractivity contribution is 1.10. The summed E-state index contributed by atoms with van der Waals surface area (Å²) in [7, 11) is 0. The zero-order valence-electron chi connectivity index (χ0n) is 10.9. The molecule has 0 amide bonds. The molecule has 3 N–H and O–H groups in total. The molecule has 0 atom stereocenters. The van der Waals surface area contributed by atoms with Crippen molar-refractivity contribution in [3.8, 4) is 22.8 Å². The molecular formula is C15H13IN4. The van der Waals surface area contributed by atoms with Crippen molar-refractivity contribution in [3.05, 3.63) is 51.6 Å². The number of benzene rings is 2. The maximum atomic E-state index is 5.93. The molecule has 0 aliphatic rings. The van der Waals surface area contributed by atoms with Crippen LogP contribution in [0.4, 0.5) is 5.69 Å². The van der Waals surface area contributed by atoms with E-state index in [9.17, 15) is 0 Å². The number of aromatic amines is 1. The van der Waals surface area contributed by atoms with E-state index in [1.165, 1.54) is 0 Å². The Bertz CT molecular complexity index is 764. The number of nitrogens with two attached hydrogens (primary N) is 1. The van der Waals surface area contributed by atoms with Crippen LogP contribution in [0.2, 0.25) is 0 Å². The molecule has 1 aromatic heterocycles. The first-order valence-electron chi connectivity index (χ1n) is 6.19. The number of aromatic nitrogens is 3. The molecule has 2 aromatic carbocycles. The van der Waals surface area contributed by atoms with Gasteiger partial charge in [-0.15, -0.1) is 0 Å². The third kappa shape index (κ3) is 2.40. The molecule has 0 radical (unpaired) electrons. The van der Waals surface area contributed by atoms with E-state index in [4.69, 9.17) is 5.73 Å². The zero-order chi connectivity index (χ0) is 14.1. The van der Waals surface area contributed by atoms with Gasteiger partial charge in [-0.25, -0.2) is 4.98 Å². The van der Waals surface area contributed by atoms with E-state index >= 15 is 0 Å². The second-order valence-corrected chi connectivity index (χ2v) is 5.72. The molecule has 0 aliphatic heterocycles. The Hall–Kier alpha value is -1.89. The molecule has 5 heteroatoms. The Morgan fingerprint density at radius 1 is 1.15 bits per heavy atom. The number of hydrogen-bond acceptors (Lipinski definition) is 3. The third-order valence-corrected chi connectivity index (χ3v) is 4.09. The fraction of sp³-hybridized carbons (Fsp3) is 0.0667. The van der Waals surface area contributed by atoms with Gasteiger partial charge in [0.25, 0.3) is 0 Å². The molecule has 0 spiro atoms. The van der Waals surface area contributed by atoms with E-state index in [-0.39, 0.29) is 0 Å².